The lowest BCUT2D eigenvalue weighted by Gasteiger charge is -2.28. The second-order valence-electron chi connectivity index (χ2n) is 5.57. The van der Waals surface area contributed by atoms with Crippen molar-refractivity contribution in [2.24, 2.45) is 0 Å². The summed E-state index contributed by atoms with van der Waals surface area (Å²) in [6.07, 6.45) is 4.77. The SMILES string of the molecule is Nc1c(NNC(=O)c2ccccc2F)ncnc1N1CCCCC1. The quantitative estimate of drug-likeness (QED) is 0.742. The zero-order valence-electron chi connectivity index (χ0n) is 13.1. The van der Waals surface area contributed by atoms with Gasteiger partial charge in [0.15, 0.2) is 11.6 Å². The molecule has 1 aromatic carbocycles. The van der Waals surface area contributed by atoms with Crippen molar-refractivity contribution in [1.29, 1.82) is 0 Å². The number of hydrazine groups is 1. The number of nitrogen functional groups attached to an aromatic ring is 1. The van der Waals surface area contributed by atoms with E-state index in [0.717, 1.165) is 25.9 Å². The molecule has 7 nitrogen and oxygen atoms in total. The third-order valence-electron chi connectivity index (χ3n) is 3.93. The maximum Gasteiger partial charge on any atom is 0.272 e. The first kappa shape index (κ1) is 16.0. The molecular formula is C16H19FN6O. The normalized spacial score (nSPS) is 14.3. The Morgan fingerprint density at radius 3 is 2.67 bits per heavy atom. The van der Waals surface area contributed by atoms with Crippen molar-refractivity contribution in [3.8, 4) is 0 Å². The first-order valence-corrected chi connectivity index (χ1v) is 7.83. The summed E-state index contributed by atoms with van der Waals surface area (Å²) in [4.78, 5) is 22.4. The highest BCUT2D eigenvalue weighted by molar-refractivity contribution is 5.95. The van der Waals surface area contributed by atoms with Gasteiger partial charge in [-0.25, -0.2) is 14.4 Å². The van der Waals surface area contributed by atoms with Crippen molar-refractivity contribution in [1.82, 2.24) is 15.4 Å². The third kappa shape index (κ3) is 3.37. The van der Waals surface area contributed by atoms with Gasteiger partial charge in [-0.3, -0.25) is 15.6 Å². The predicted molar refractivity (Wildman–Crippen MR) is 90.0 cm³/mol. The number of nitrogens with two attached hydrogens (primary N) is 1. The summed E-state index contributed by atoms with van der Waals surface area (Å²) in [5, 5.41) is 0. The molecule has 0 saturated carbocycles. The van der Waals surface area contributed by atoms with Crippen molar-refractivity contribution in [3.05, 3.63) is 42.0 Å². The molecule has 1 fully saturated rings. The number of anilines is 3. The molecule has 0 radical (unpaired) electrons. The van der Waals surface area contributed by atoms with Crippen molar-refractivity contribution >= 4 is 23.2 Å². The second-order valence-corrected chi connectivity index (χ2v) is 5.57. The predicted octanol–water partition coefficient (Wildman–Crippen LogP) is 1.95. The minimum Gasteiger partial charge on any atom is -0.393 e. The molecule has 0 unspecified atom stereocenters. The maximum absolute atomic E-state index is 13.6. The van der Waals surface area contributed by atoms with Crippen LogP contribution in [-0.2, 0) is 0 Å². The van der Waals surface area contributed by atoms with E-state index in [9.17, 15) is 9.18 Å². The van der Waals surface area contributed by atoms with Crippen LogP contribution in [0.5, 0.6) is 0 Å². The Bertz CT molecular complexity index is 732. The third-order valence-corrected chi connectivity index (χ3v) is 3.93. The highest BCUT2D eigenvalue weighted by atomic mass is 19.1. The zero-order chi connectivity index (χ0) is 16.9. The highest BCUT2D eigenvalue weighted by Crippen LogP contribution is 2.27. The Labute approximate surface area is 139 Å². The average Bonchev–Trinajstić information content (AvgIpc) is 2.62. The van der Waals surface area contributed by atoms with E-state index < -0.39 is 11.7 Å². The number of carbonyl (C=O) groups excluding carboxylic acids is 1. The van der Waals surface area contributed by atoms with E-state index in [1.54, 1.807) is 6.07 Å². The van der Waals surface area contributed by atoms with Gasteiger partial charge in [0, 0.05) is 13.1 Å². The Morgan fingerprint density at radius 1 is 1.17 bits per heavy atom. The summed E-state index contributed by atoms with van der Waals surface area (Å²) >= 11 is 0. The number of benzene rings is 1. The van der Waals surface area contributed by atoms with Crippen LogP contribution in [0.25, 0.3) is 0 Å². The Kier molecular flexibility index (Phi) is 4.74. The molecule has 3 rings (SSSR count). The summed E-state index contributed by atoms with van der Waals surface area (Å²) in [5.41, 5.74) is 11.5. The molecular weight excluding hydrogens is 311 g/mol. The van der Waals surface area contributed by atoms with Crippen LogP contribution < -0.4 is 21.5 Å². The van der Waals surface area contributed by atoms with E-state index in [1.165, 1.54) is 30.9 Å². The van der Waals surface area contributed by atoms with E-state index in [4.69, 9.17) is 5.73 Å². The molecule has 0 spiro atoms. The maximum atomic E-state index is 13.6. The van der Waals surface area contributed by atoms with Gasteiger partial charge in [0.05, 0.1) is 5.56 Å². The lowest BCUT2D eigenvalue weighted by molar-refractivity contribution is 0.0958. The van der Waals surface area contributed by atoms with E-state index in [1.807, 2.05) is 0 Å². The molecule has 1 aliphatic rings. The molecule has 126 valence electrons. The Balaban J connectivity index is 1.71. The van der Waals surface area contributed by atoms with Gasteiger partial charge in [0.1, 0.15) is 17.8 Å². The van der Waals surface area contributed by atoms with E-state index in [0.29, 0.717) is 11.5 Å². The van der Waals surface area contributed by atoms with Gasteiger partial charge in [-0.2, -0.15) is 0 Å². The molecule has 1 amide bonds. The number of nitrogens with one attached hydrogen (secondary N) is 2. The van der Waals surface area contributed by atoms with Gasteiger partial charge < -0.3 is 10.6 Å². The van der Waals surface area contributed by atoms with Crippen LogP contribution in [0, 0.1) is 5.82 Å². The molecule has 24 heavy (non-hydrogen) atoms. The summed E-state index contributed by atoms with van der Waals surface area (Å²) in [5.74, 6) is -0.269. The standard InChI is InChI=1S/C16H19FN6O/c17-12-7-3-2-6-11(12)16(24)22-21-14-13(18)15(20-10-19-14)23-8-4-1-5-9-23/h2-3,6-7,10H,1,4-5,8-9,18H2,(H,22,24)(H,19,20,21). The molecule has 1 aliphatic heterocycles. The summed E-state index contributed by atoms with van der Waals surface area (Å²) < 4.78 is 13.6. The number of piperidine rings is 1. The van der Waals surface area contributed by atoms with Crippen LogP contribution in [-0.4, -0.2) is 29.0 Å². The van der Waals surface area contributed by atoms with Crippen LogP contribution in [0.1, 0.15) is 29.6 Å². The monoisotopic (exact) mass is 330 g/mol. The number of nitrogens with zero attached hydrogens (tertiary/aromatic N) is 3. The molecule has 0 atom stereocenters. The number of aromatic nitrogens is 2. The number of halogens is 1. The van der Waals surface area contributed by atoms with Crippen molar-refractivity contribution in [2.45, 2.75) is 19.3 Å². The molecule has 0 bridgehead atoms. The Morgan fingerprint density at radius 2 is 1.92 bits per heavy atom. The van der Waals surface area contributed by atoms with Crippen LogP contribution in [0.15, 0.2) is 30.6 Å². The molecule has 4 N–H and O–H groups in total. The van der Waals surface area contributed by atoms with Gasteiger partial charge in [0.2, 0.25) is 0 Å². The number of carbonyl (C=O) groups is 1. The number of rotatable bonds is 4. The second kappa shape index (κ2) is 7.12. The highest BCUT2D eigenvalue weighted by Gasteiger charge is 2.18. The van der Waals surface area contributed by atoms with E-state index >= 15 is 0 Å². The lowest BCUT2D eigenvalue weighted by atomic mass is 10.1. The number of amides is 1. The van der Waals surface area contributed by atoms with E-state index in [-0.39, 0.29) is 11.4 Å². The fourth-order valence-corrected chi connectivity index (χ4v) is 2.67. The zero-order valence-corrected chi connectivity index (χ0v) is 13.1. The molecule has 1 saturated heterocycles. The molecule has 0 aliphatic carbocycles. The minimum atomic E-state index is -0.606. The molecule has 2 heterocycles. The van der Waals surface area contributed by atoms with E-state index in [2.05, 4.69) is 25.7 Å². The number of hydrogen-bond donors (Lipinski definition) is 3. The van der Waals surface area contributed by atoms with Crippen LogP contribution in [0.3, 0.4) is 0 Å². The topological polar surface area (TPSA) is 96.2 Å². The van der Waals surface area contributed by atoms with Crippen molar-refractivity contribution < 1.29 is 9.18 Å². The number of hydrogen-bond acceptors (Lipinski definition) is 6. The van der Waals surface area contributed by atoms with Crippen LogP contribution >= 0.6 is 0 Å². The van der Waals surface area contributed by atoms with Crippen molar-refractivity contribution in [3.63, 3.8) is 0 Å². The molecule has 1 aromatic heterocycles. The molecule has 8 heteroatoms. The minimum absolute atomic E-state index is 0.0612. The summed E-state index contributed by atoms with van der Waals surface area (Å²) in [6, 6.07) is 5.73. The first-order chi connectivity index (χ1) is 11.7. The average molecular weight is 330 g/mol. The Hall–Kier alpha value is -2.90. The van der Waals surface area contributed by atoms with Crippen LogP contribution in [0.4, 0.5) is 21.7 Å². The van der Waals surface area contributed by atoms with Gasteiger partial charge in [-0.05, 0) is 31.4 Å². The van der Waals surface area contributed by atoms with Gasteiger partial charge in [-0.1, -0.05) is 12.1 Å². The summed E-state index contributed by atoms with van der Waals surface area (Å²) in [6.45, 7) is 1.78. The largest absolute Gasteiger partial charge is 0.393 e. The fourth-order valence-electron chi connectivity index (χ4n) is 2.67. The van der Waals surface area contributed by atoms with Gasteiger partial charge >= 0.3 is 0 Å². The molecule has 2 aromatic rings. The van der Waals surface area contributed by atoms with Crippen molar-refractivity contribution in [2.75, 3.05) is 29.1 Å². The van der Waals surface area contributed by atoms with Gasteiger partial charge in [-0.15, -0.1) is 0 Å². The summed E-state index contributed by atoms with van der Waals surface area (Å²) in [7, 11) is 0. The van der Waals surface area contributed by atoms with Crippen LogP contribution in [0.2, 0.25) is 0 Å². The fraction of sp³-hybridized carbons (Fsp3) is 0.312. The smallest absolute Gasteiger partial charge is 0.272 e. The van der Waals surface area contributed by atoms with Gasteiger partial charge in [0.25, 0.3) is 5.91 Å². The first-order valence-electron chi connectivity index (χ1n) is 7.83. The lowest BCUT2D eigenvalue weighted by Crippen LogP contribution is -2.33.